The molecule has 1 rings (SSSR count). The summed E-state index contributed by atoms with van der Waals surface area (Å²) in [4.78, 5) is 10.4. The number of aliphatic hydroxyl groups excluding tert-OH is 4. The normalized spacial score (nSPS) is 36.3. The molecule has 0 aromatic carbocycles. The van der Waals surface area contributed by atoms with Crippen molar-refractivity contribution in [1.29, 1.82) is 0 Å². The van der Waals surface area contributed by atoms with Crippen LogP contribution in [-0.4, -0.2) is 75.4 Å². The quantitative estimate of drug-likeness (QED) is 0.358. The van der Waals surface area contributed by atoms with Gasteiger partial charge in [-0.2, -0.15) is 0 Å². The Morgan fingerprint density at radius 3 is 2.42 bits per heavy atom. The SMILES string of the molecule is CC(=CC(=O)O)CO[C@@H]1O[C@H](CO)[C@@H](O)[C@H](O)[C@H]1O. The molecule has 0 aromatic heterocycles. The number of aliphatic hydroxyl groups is 4. The van der Waals surface area contributed by atoms with Gasteiger partial charge in [0.15, 0.2) is 6.29 Å². The predicted molar refractivity (Wildman–Crippen MR) is 61.1 cm³/mol. The van der Waals surface area contributed by atoms with E-state index >= 15 is 0 Å². The van der Waals surface area contributed by atoms with Gasteiger partial charge in [0, 0.05) is 6.08 Å². The largest absolute Gasteiger partial charge is 0.478 e. The van der Waals surface area contributed by atoms with Gasteiger partial charge in [-0.1, -0.05) is 0 Å². The first-order valence-electron chi connectivity index (χ1n) is 5.69. The molecular weight excluding hydrogens is 260 g/mol. The van der Waals surface area contributed by atoms with Crippen molar-refractivity contribution in [2.45, 2.75) is 37.6 Å². The van der Waals surface area contributed by atoms with Gasteiger partial charge < -0.3 is 35.0 Å². The summed E-state index contributed by atoms with van der Waals surface area (Å²) in [5, 5.41) is 46.1. The fraction of sp³-hybridized carbons (Fsp3) is 0.727. The average molecular weight is 278 g/mol. The molecule has 110 valence electrons. The van der Waals surface area contributed by atoms with Crippen molar-refractivity contribution in [3.8, 4) is 0 Å². The van der Waals surface area contributed by atoms with Crippen molar-refractivity contribution in [3.05, 3.63) is 11.6 Å². The molecule has 1 heterocycles. The number of carboxylic acid groups (broad SMARTS) is 1. The van der Waals surface area contributed by atoms with Gasteiger partial charge in [0.1, 0.15) is 24.4 Å². The lowest BCUT2D eigenvalue weighted by Crippen LogP contribution is -2.59. The van der Waals surface area contributed by atoms with Crippen LogP contribution in [0, 0.1) is 0 Å². The van der Waals surface area contributed by atoms with Crippen LogP contribution in [0.4, 0.5) is 0 Å². The Kier molecular flexibility index (Phi) is 5.85. The van der Waals surface area contributed by atoms with E-state index in [1.165, 1.54) is 6.92 Å². The lowest BCUT2D eigenvalue weighted by molar-refractivity contribution is -0.299. The second-order valence-corrected chi connectivity index (χ2v) is 4.34. The highest BCUT2D eigenvalue weighted by Gasteiger charge is 2.43. The van der Waals surface area contributed by atoms with Crippen LogP contribution >= 0.6 is 0 Å². The number of rotatable bonds is 5. The van der Waals surface area contributed by atoms with E-state index < -0.39 is 43.3 Å². The van der Waals surface area contributed by atoms with Gasteiger partial charge in [0.2, 0.25) is 0 Å². The number of carboxylic acids is 1. The van der Waals surface area contributed by atoms with Crippen molar-refractivity contribution in [1.82, 2.24) is 0 Å². The van der Waals surface area contributed by atoms with Crippen molar-refractivity contribution in [2.24, 2.45) is 0 Å². The molecule has 8 nitrogen and oxygen atoms in total. The topological polar surface area (TPSA) is 137 Å². The number of hydrogen-bond acceptors (Lipinski definition) is 7. The van der Waals surface area contributed by atoms with E-state index in [0.717, 1.165) is 6.08 Å². The third-order valence-electron chi connectivity index (χ3n) is 2.69. The summed E-state index contributed by atoms with van der Waals surface area (Å²) in [5.41, 5.74) is 0.379. The minimum Gasteiger partial charge on any atom is -0.478 e. The highest BCUT2D eigenvalue weighted by atomic mass is 16.7. The second kappa shape index (κ2) is 6.94. The van der Waals surface area contributed by atoms with E-state index in [1.807, 2.05) is 0 Å². The van der Waals surface area contributed by atoms with E-state index in [0.29, 0.717) is 5.57 Å². The number of aliphatic carboxylic acids is 1. The Hall–Kier alpha value is -1.03. The summed E-state index contributed by atoms with van der Waals surface area (Å²) in [6.45, 7) is 0.835. The van der Waals surface area contributed by atoms with E-state index in [-0.39, 0.29) is 6.61 Å². The molecule has 0 saturated carbocycles. The number of ether oxygens (including phenoxy) is 2. The molecule has 0 aliphatic carbocycles. The molecule has 8 heteroatoms. The Bertz CT molecular complexity index is 340. The molecule has 0 aromatic rings. The van der Waals surface area contributed by atoms with Crippen LogP contribution < -0.4 is 0 Å². The van der Waals surface area contributed by atoms with E-state index in [9.17, 15) is 20.1 Å². The Morgan fingerprint density at radius 2 is 1.89 bits per heavy atom. The molecule has 0 radical (unpaired) electrons. The van der Waals surface area contributed by atoms with Crippen molar-refractivity contribution in [3.63, 3.8) is 0 Å². The molecule has 5 atom stereocenters. The summed E-state index contributed by atoms with van der Waals surface area (Å²) in [6.07, 6.45) is -5.82. The van der Waals surface area contributed by atoms with Crippen LogP contribution in [0.25, 0.3) is 0 Å². The van der Waals surface area contributed by atoms with Crippen LogP contribution in [0.3, 0.4) is 0 Å². The zero-order valence-electron chi connectivity index (χ0n) is 10.3. The van der Waals surface area contributed by atoms with Crippen molar-refractivity contribution >= 4 is 5.97 Å². The summed E-state index contributed by atoms with van der Waals surface area (Å²) in [5.74, 6) is -1.13. The van der Waals surface area contributed by atoms with Crippen LogP contribution in [0.2, 0.25) is 0 Å². The van der Waals surface area contributed by atoms with Crippen molar-refractivity contribution < 1.29 is 39.8 Å². The third kappa shape index (κ3) is 4.23. The highest BCUT2D eigenvalue weighted by Crippen LogP contribution is 2.22. The molecule has 1 aliphatic heterocycles. The predicted octanol–water partition coefficient (Wildman–Crippen LogP) is -2.17. The Morgan fingerprint density at radius 1 is 1.26 bits per heavy atom. The first-order valence-corrected chi connectivity index (χ1v) is 5.69. The van der Waals surface area contributed by atoms with Crippen LogP contribution in [0.5, 0.6) is 0 Å². The van der Waals surface area contributed by atoms with Gasteiger partial charge in [0.05, 0.1) is 13.2 Å². The molecule has 0 amide bonds. The monoisotopic (exact) mass is 278 g/mol. The maximum absolute atomic E-state index is 10.4. The van der Waals surface area contributed by atoms with Crippen LogP contribution in [0.1, 0.15) is 6.92 Å². The van der Waals surface area contributed by atoms with Gasteiger partial charge in [0.25, 0.3) is 0 Å². The van der Waals surface area contributed by atoms with E-state index in [4.69, 9.17) is 19.7 Å². The molecule has 1 saturated heterocycles. The molecule has 1 aliphatic rings. The minimum absolute atomic E-state index is 0.130. The highest BCUT2D eigenvalue weighted by molar-refractivity contribution is 5.80. The lowest BCUT2D eigenvalue weighted by atomic mass is 9.99. The van der Waals surface area contributed by atoms with Gasteiger partial charge in [-0.15, -0.1) is 0 Å². The van der Waals surface area contributed by atoms with E-state index in [1.54, 1.807) is 0 Å². The van der Waals surface area contributed by atoms with Gasteiger partial charge in [-0.3, -0.25) is 0 Å². The average Bonchev–Trinajstić information content (AvgIpc) is 2.34. The fourth-order valence-corrected chi connectivity index (χ4v) is 1.67. The molecule has 19 heavy (non-hydrogen) atoms. The zero-order chi connectivity index (χ0) is 14.6. The molecule has 0 bridgehead atoms. The van der Waals surface area contributed by atoms with Crippen LogP contribution in [0.15, 0.2) is 11.6 Å². The van der Waals surface area contributed by atoms with Gasteiger partial charge >= 0.3 is 5.97 Å². The lowest BCUT2D eigenvalue weighted by Gasteiger charge is -2.39. The summed E-state index contributed by atoms with van der Waals surface area (Å²) < 4.78 is 10.2. The summed E-state index contributed by atoms with van der Waals surface area (Å²) in [7, 11) is 0. The summed E-state index contributed by atoms with van der Waals surface area (Å²) >= 11 is 0. The number of hydrogen-bond donors (Lipinski definition) is 5. The minimum atomic E-state index is -1.51. The molecule has 5 N–H and O–H groups in total. The zero-order valence-corrected chi connectivity index (χ0v) is 10.3. The van der Waals surface area contributed by atoms with E-state index in [2.05, 4.69) is 0 Å². The first kappa shape index (κ1) is 16.0. The van der Waals surface area contributed by atoms with Gasteiger partial charge in [-0.05, 0) is 12.5 Å². The summed E-state index contributed by atoms with van der Waals surface area (Å²) in [6, 6.07) is 0. The molecule has 0 unspecified atom stereocenters. The Labute approximate surface area is 109 Å². The smallest absolute Gasteiger partial charge is 0.328 e. The first-order chi connectivity index (χ1) is 8.86. The second-order valence-electron chi connectivity index (χ2n) is 4.34. The van der Waals surface area contributed by atoms with Crippen molar-refractivity contribution in [2.75, 3.05) is 13.2 Å². The molecular formula is C11H18O8. The molecule has 0 spiro atoms. The number of carbonyl (C=O) groups is 1. The van der Waals surface area contributed by atoms with Gasteiger partial charge in [-0.25, -0.2) is 4.79 Å². The fourth-order valence-electron chi connectivity index (χ4n) is 1.67. The molecule has 1 fully saturated rings. The third-order valence-corrected chi connectivity index (χ3v) is 2.69. The van der Waals surface area contributed by atoms with Crippen LogP contribution in [-0.2, 0) is 14.3 Å². The maximum atomic E-state index is 10.4. The maximum Gasteiger partial charge on any atom is 0.328 e. The standard InChI is InChI=1S/C11H18O8/c1-5(2-7(13)14)4-18-11-10(17)9(16)8(15)6(3-12)19-11/h2,6,8-12,15-17H,3-4H2,1H3,(H,13,14)/t6-,8-,9+,10-,11-/m1/s1. The Balaban J connectivity index is 2.60.